The summed E-state index contributed by atoms with van der Waals surface area (Å²) in [5.41, 5.74) is 7.65. The summed E-state index contributed by atoms with van der Waals surface area (Å²) in [5, 5.41) is 2.92. The molecule has 4 nitrogen and oxygen atoms in total. The molecule has 0 aliphatic carbocycles. The van der Waals surface area contributed by atoms with Gasteiger partial charge >= 0.3 is 0 Å². The summed E-state index contributed by atoms with van der Waals surface area (Å²) < 4.78 is 5.29. The molecule has 1 aromatic heterocycles. The van der Waals surface area contributed by atoms with Crippen LogP contribution >= 0.6 is 0 Å². The van der Waals surface area contributed by atoms with Crippen molar-refractivity contribution in [2.75, 3.05) is 6.54 Å². The Morgan fingerprint density at radius 2 is 2.24 bits per heavy atom. The van der Waals surface area contributed by atoms with Crippen LogP contribution in [0.5, 0.6) is 0 Å². The van der Waals surface area contributed by atoms with E-state index in [0.717, 1.165) is 16.9 Å². The van der Waals surface area contributed by atoms with Crippen molar-refractivity contribution in [2.24, 2.45) is 5.73 Å². The first-order valence-electron chi connectivity index (χ1n) is 6.75. The molecule has 0 saturated heterocycles. The van der Waals surface area contributed by atoms with Crippen LogP contribution in [-0.4, -0.2) is 12.5 Å². The molecule has 4 heteroatoms. The van der Waals surface area contributed by atoms with Crippen molar-refractivity contribution in [1.29, 1.82) is 0 Å². The average molecular weight is 282 g/mol. The van der Waals surface area contributed by atoms with E-state index in [1.807, 2.05) is 32.0 Å². The zero-order valence-corrected chi connectivity index (χ0v) is 12.1. The molecule has 0 aliphatic rings. The first-order chi connectivity index (χ1) is 10.1. The smallest absolute Gasteiger partial charge is 0.252 e. The minimum atomic E-state index is -0.189. The number of carbonyl (C=O) groups excluding carboxylic acids is 1. The SMILES string of the molecule is Cc1ccc(C#CCN)cc1C(=O)NC(C)c1ccco1. The summed E-state index contributed by atoms with van der Waals surface area (Å²) in [5.74, 6) is 6.30. The number of hydrogen-bond donors (Lipinski definition) is 2. The summed E-state index contributed by atoms with van der Waals surface area (Å²) in [4.78, 5) is 12.4. The lowest BCUT2D eigenvalue weighted by Gasteiger charge is -2.13. The summed E-state index contributed by atoms with van der Waals surface area (Å²) >= 11 is 0. The van der Waals surface area contributed by atoms with Crippen molar-refractivity contribution in [3.8, 4) is 11.8 Å². The van der Waals surface area contributed by atoms with Gasteiger partial charge in [0.15, 0.2) is 0 Å². The molecule has 1 aromatic carbocycles. The Morgan fingerprint density at radius 3 is 2.90 bits per heavy atom. The molecule has 1 heterocycles. The van der Waals surface area contributed by atoms with E-state index in [-0.39, 0.29) is 11.9 Å². The number of nitrogens with one attached hydrogen (secondary N) is 1. The Morgan fingerprint density at radius 1 is 1.43 bits per heavy atom. The van der Waals surface area contributed by atoms with Gasteiger partial charge in [-0.2, -0.15) is 0 Å². The Bertz CT molecular complexity index is 679. The van der Waals surface area contributed by atoms with Gasteiger partial charge in [-0.15, -0.1) is 0 Å². The van der Waals surface area contributed by atoms with Crippen LogP contribution in [0.15, 0.2) is 41.0 Å². The number of benzene rings is 1. The van der Waals surface area contributed by atoms with Crippen LogP contribution in [0.4, 0.5) is 0 Å². The topological polar surface area (TPSA) is 68.3 Å². The van der Waals surface area contributed by atoms with E-state index in [2.05, 4.69) is 17.2 Å². The van der Waals surface area contributed by atoms with Crippen molar-refractivity contribution in [3.05, 3.63) is 59.0 Å². The molecule has 2 rings (SSSR count). The fourth-order valence-corrected chi connectivity index (χ4v) is 1.98. The van der Waals surface area contributed by atoms with Crippen LogP contribution in [-0.2, 0) is 0 Å². The molecular weight excluding hydrogens is 264 g/mol. The van der Waals surface area contributed by atoms with Gasteiger partial charge in [0.2, 0.25) is 0 Å². The molecule has 0 saturated carbocycles. The van der Waals surface area contributed by atoms with E-state index in [4.69, 9.17) is 10.2 Å². The maximum atomic E-state index is 12.4. The van der Waals surface area contributed by atoms with E-state index in [9.17, 15) is 4.79 Å². The van der Waals surface area contributed by atoms with Crippen LogP contribution in [0.3, 0.4) is 0 Å². The van der Waals surface area contributed by atoms with E-state index < -0.39 is 0 Å². The van der Waals surface area contributed by atoms with Gasteiger partial charge in [-0.1, -0.05) is 17.9 Å². The van der Waals surface area contributed by atoms with E-state index in [0.29, 0.717) is 12.1 Å². The molecule has 0 spiro atoms. The van der Waals surface area contributed by atoms with Gasteiger partial charge in [0.1, 0.15) is 5.76 Å². The molecule has 0 aliphatic heterocycles. The zero-order chi connectivity index (χ0) is 15.2. The molecule has 1 amide bonds. The number of carbonyl (C=O) groups is 1. The predicted octanol–water partition coefficient (Wildman–Crippen LogP) is 2.39. The highest BCUT2D eigenvalue weighted by molar-refractivity contribution is 5.96. The zero-order valence-electron chi connectivity index (χ0n) is 12.1. The third kappa shape index (κ3) is 3.74. The van der Waals surface area contributed by atoms with Gasteiger partial charge in [-0.25, -0.2) is 0 Å². The van der Waals surface area contributed by atoms with Gasteiger partial charge in [-0.3, -0.25) is 4.79 Å². The second-order valence-corrected chi connectivity index (χ2v) is 4.75. The van der Waals surface area contributed by atoms with E-state index in [1.54, 1.807) is 18.4 Å². The van der Waals surface area contributed by atoms with E-state index in [1.165, 1.54) is 0 Å². The maximum Gasteiger partial charge on any atom is 0.252 e. The second kappa shape index (κ2) is 6.78. The first kappa shape index (κ1) is 14.9. The van der Waals surface area contributed by atoms with Crippen molar-refractivity contribution in [3.63, 3.8) is 0 Å². The Balaban J connectivity index is 2.18. The maximum absolute atomic E-state index is 12.4. The lowest BCUT2D eigenvalue weighted by molar-refractivity contribution is 0.0934. The normalized spacial score (nSPS) is 11.4. The minimum absolute atomic E-state index is 0.146. The Kier molecular flexibility index (Phi) is 4.81. The number of nitrogens with two attached hydrogens (primary N) is 1. The van der Waals surface area contributed by atoms with Crippen LogP contribution in [0, 0.1) is 18.8 Å². The molecule has 0 fully saturated rings. The van der Waals surface area contributed by atoms with E-state index >= 15 is 0 Å². The predicted molar refractivity (Wildman–Crippen MR) is 81.7 cm³/mol. The van der Waals surface area contributed by atoms with Crippen molar-refractivity contribution in [2.45, 2.75) is 19.9 Å². The third-order valence-electron chi connectivity index (χ3n) is 3.13. The van der Waals surface area contributed by atoms with Crippen molar-refractivity contribution < 1.29 is 9.21 Å². The van der Waals surface area contributed by atoms with Crippen LogP contribution < -0.4 is 11.1 Å². The second-order valence-electron chi connectivity index (χ2n) is 4.75. The third-order valence-corrected chi connectivity index (χ3v) is 3.13. The lowest BCUT2D eigenvalue weighted by atomic mass is 10.0. The summed E-state index contributed by atoms with van der Waals surface area (Å²) in [6, 6.07) is 8.98. The number of furan rings is 1. The molecule has 1 unspecified atom stereocenters. The van der Waals surface area contributed by atoms with Crippen LogP contribution in [0.2, 0.25) is 0 Å². The highest BCUT2D eigenvalue weighted by Crippen LogP contribution is 2.15. The molecule has 2 aromatic rings. The summed E-state index contributed by atoms with van der Waals surface area (Å²) in [6.45, 7) is 4.07. The largest absolute Gasteiger partial charge is 0.467 e. The van der Waals surface area contributed by atoms with Gasteiger partial charge in [0.25, 0.3) is 5.91 Å². The molecule has 0 bridgehead atoms. The first-order valence-corrected chi connectivity index (χ1v) is 6.75. The molecular formula is C17H18N2O2. The molecule has 108 valence electrons. The highest BCUT2D eigenvalue weighted by atomic mass is 16.3. The fraction of sp³-hybridized carbons (Fsp3) is 0.235. The van der Waals surface area contributed by atoms with Gasteiger partial charge in [-0.05, 0) is 43.7 Å². The van der Waals surface area contributed by atoms with Crippen LogP contribution in [0.25, 0.3) is 0 Å². The quantitative estimate of drug-likeness (QED) is 0.849. The van der Waals surface area contributed by atoms with Gasteiger partial charge < -0.3 is 15.5 Å². The average Bonchev–Trinajstić information content (AvgIpc) is 3.00. The van der Waals surface area contributed by atoms with Gasteiger partial charge in [0.05, 0.1) is 18.8 Å². The molecule has 0 radical (unpaired) electrons. The molecule has 21 heavy (non-hydrogen) atoms. The lowest BCUT2D eigenvalue weighted by Crippen LogP contribution is -2.27. The summed E-state index contributed by atoms with van der Waals surface area (Å²) in [7, 11) is 0. The monoisotopic (exact) mass is 282 g/mol. The fourth-order valence-electron chi connectivity index (χ4n) is 1.98. The van der Waals surface area contributed by atoms with Crippen molar-refractivity contribution >= 4 is 5.91 Å². The highest BCUT2D eigenvalue weighted by Gasteiger charge is 2.15. The van der Waals surface area contributed by atoms with Crippen LogP contribution in [0.1, 0.15) is 40.2 Å². The number of aryl methyl sites for hydroxylation is 1. The van der Waals surface area contributed by atoms with Gasteiger partial charge in [0, 0.05) is 11.1 Å². The molecule has 3 N–H and O–H groups in total. The number of rotatable bonds is 3. The number of hydrogen-bond acceptors (Lipinski definition) is 3. The molecule has 1 atom stereocenters. The Hall–Kier alpha value is -2.51. The standard InChI is InChI=1S/C17H18N2O2/c1-12-7-8-14(5-3-9-18)11-15(12)17(20)19-13(2)16-6-4-10-21-16/h4,6-8,10-11,13H,9,18H2,1-2H3,(H,19,20). The minimum Gasteiger partial charge on any atom is -0.467 e. The Labute approximate surface area is 124 Å². The van der Waals surface area contributed by atoms with Crippen molar-refractivity contribution in [1.82, 2.24) is 5.32 Å². The summed E-state index contributed by atoms with van der Waals surface area (Å²) in [6.07, 6.45) is 1.59. The number of amides is 1.